The van der Waals surface area contributed by atoms with E-state index in [1.807, 2.05) is 35.2 Å². The van der Waals surface area contributed by atoms with Crippen LogP contribution in [-0.4, -0.2) is 40.1 Å². The largest absolute Gasteiger partial charge is 0.396 e. The van der Waals surface area contributed by atoms with E-state index in [1.54, 1.807) is 0 Å². The number of hydrogen-bond acceptors (Lipinski definition) is 3. The Morgan fingerprint density at radius 3 is 2.83 bits per heavy atom. The van der Waals surface area contributed by atoms with Gasteiger partial charge in [0.2, 0.25) is 0 Å². The van der Waals surface area contributed by atoms with Gasteiger partial charge in [0.15, 0.2) is 0 Å². The van der Waals surface area contributed by atoms with Crippen molar-refractivity contribution in [3.8, 4) is 0 Å². The van der Waals surface area contributed by atoms with Gasteiger partial charge in [-0.3, -0.25) is 9.78 Å². The molecule has 4 rings (SSSR count). The molecule has 2 aliphatic rings. The Kier molecular flexibility index (Phi) is 4.23. The van der Waals surface area contributed by atoms with Gasteiger partial charge >= 0.3 is 0 Å². The number of likely N-dealkylation sites (tertiary alicyclic amines) is 1. The van der Waals surface area contributed by atoms with Crippen molar-refractivity contribution >= 4 is 16.8 Å². The molecule has 0 radical (unpaired) electrons. The lowest BCUT2D eigenvalue weighted by Crippen LogP contribution is -2.44. The molecule has 4 nitrogen and oxygen atoms in total. The smallest absolute Gasteiger partial charge is 0.254 e. The first-order valence-electron chi connectivity index (χ1n) is 9.09. The maximum absolute atomic E-state index is 13.3. The highest BCUT2D eigenvalue weighted by Crippen LogP contribution is 2.40. The minimum absolute atomic E-state index is 0.105. The first-order chi connectivity index (χ1) is 11.8. The molecule has 1 unspecified atom stereocenters. The van der Waals surface area contributed by atoms with Crippen LogP contribution in [0.4, 0.5) is 0 Å². The average Bonchev–Trinajstić information content (AvgIpc) is 3.46. The van der Waals surface area contributed by atoms with Gasteiger partial charge in [0.1, 0.15) is 0 Å². The molecule has 0 bridgehead atoms. The van der Waals surface area contributed by atoms with Gasteiger partial charge in [-0.05, 0) is 50.7 Å². The number of pyridine rings is 1. The number of amides is 1. The van der Waals surface area contributed by atoms with Crippen LogP contribution in [0.5, 0.6) is 0 Å². The number of aromatic nitrogens is 1. The van der Waals surface area contributed by atoms with E-state index in [4.69, 9.17) is 4.98 Å². The van der Waals surface area contributed by atoms with Gasteiger partial charge in [-0.15, -0.1) is 0 Å². The minimum Gasteiger partial charge on any atom is -0.396 e. The number of fused-ring (bicyclic) bond motifs is 1. The highest BCUT2D eigenvalue weighted by atomic mass is 16.3. The quantitative estimate of drug-likeness (QED) is 0.936. The number of nitrogens with zero attached hydrogens (tertiary/aromatic N) is 2. The zero-order chi connectivity index (χ0) is 16.5. The highest BCUT2D eigenvalue weighted by molar-refractivity contribution is 6.06. The molecular formula is C20H24N2O2. The molecule has 1 atom stereocenters. The van der Waals surface area contributed by atoms with Gasteiger partial charge < -0.3 is 10.0 Å². The third-order valence-corrected chi connectivity index (χ3v) is 5.31. The Morgan fingerprint density at radius 2 is 2.04 bits per heavy atom. The van der Waals surface area contributed by atoms with Crippen LogP contribution in [0.25, 0.3) is 10.9 Å². The first-order valence-corrected chi connectivity index (χ1v) is 9.09. The third-order valence-electron chi connectivity index (χ3n) is 5.31. The number of rotatable bonds is 4. The standard InChI is InChI=1S/C20H24N2O2/c23-12-10-15-5-3-4-11-22(15)20(24)17-13-19(14-8-9-14)21-18-7-2-1-6-16(17)18/h1-2,6-7,13-15,23H,3-5,8-12H2. The Morgan fingerprint density at radius 1 is 1.21 bits per heavy atom. The van der Waals surface area contributed by atoms with Crippen LogP contribution in [0.2, 0.25) is 0 Å². The summed E-state index contributed by atoms with van der Waals surface area (Å²) in [4.78, 5) is 20.1. The van der Waals surface area contributed by atoms with Crippen molar-refractivity contribution in [2.24, 2.45) is 0 Å². The van der Waals surface area contributed by atoms with Crippen LogP contribution in [0, 0.1) is 0 Å². The van der Waals surface area contributed by atoms with Crippen molar-refractivity contribution in [3.05, 3.63) is 41.6 Å². The zero-order valence-corrected chi connectivity index (χ0v) is 13.9. The molecule has 2 heterocycles. The number of hydrogen-bond donors (Lipinski definition) is 1. The van der Waals surface area contributed by atoms with Gasteiger partial charge in [0.25, 0.3) is 5.91 Å². The molecule has 1 saturated carbocycles. The Labute approximate surface area is 142 Å². The summed E-state index contributed by atoms with van der Waals surface area (Å²) in [6.45, 7) is 0.928. The van der Waals surface area contributed by atoms with E-state index in [0.29, 0.717) is 12.3 Å². The van der Waals surface area contributed by atoms with Crippen molar-refractivity contribution < 1.29 is 9.90 Å². The van der Waals surface area contributed by atoms with Crippen LogP contribution >= 0.6 is 0 Å². The second-order valence-electron chi connectivity index (χ2n) is 7.05. The fourth-order valence-corrected chi connectivity index (χ4v) is 3.83. The fraction of sp³-hybridized carbons (Fsp3) is 0.500. The third kappa shape index (κ3) is 2.91. The Hall–Kier alpha value is -1.94. The lowest BCUT2D eigenvalue weighted by Gasteiger charge is -2.36. The van der Waals surface area contributed by atoms with E-state index < -0.39 is 0 Å². The molecule has 1 aliphatic heterocycles. The molecule has 1 aromatic carbocycles. The lowest BCUT2D eigenvalue weighted by atomic mass is 9.97. The molecule has 1 saturated heterocycles. The molecular weight excluding hydrogens is 300 g/mol. The van der Waals surface area contributed by atoms with E-state index in [0.717, 1.165) is 48.0 Å². The molecule has 2 fully saturated rings. The van der Waals surface area contributed by atoms with Gasteiger partial charge in [0, 0.05) is 36.2 Å². The second-order valence-corrected chi connectivity index (χ2v) is 7.05. The van der Waals surface area contributed by atoms with Crippen LogP contribution in [0.1, 0.15) is 60.5 Å². The normalized spacial score (nSPS) is 21.2. The number of carbonyl (C=O) groups is 1. The maximum atomic E-state index is 13.3. The van der Waals surface area contributed by atoms with Crippen LogP contribution in [-0.2, 0) is 0 Å². The highest BCUT2D eigenvalue weighted by Gasteiger charge is 2.31. The van der Waals surface area contributed by atoms with E-state index in [2.05, 4.69) is 0 Å². The molecule has 1 aromatic heterocycles. The van der Waals surface area contributed by atoms with Crippen LogP contribution < -0.4 is 0 Å². The zero-order valence-electron chi connectivity index (χ0n) is 13.9. The summed E-state index contributed by atoms with van der Waals surface area (Å²) < 4.78 is 0. The first kappa shape index (κ1) is 15.6. The van der Waals surface area contributed by atoms with Crippen LogP contribution in [0.15, 0.2) is 30.3 Å². The minimum atomic E-state index is 0.105. The van der Waals surface area contributed by atoms with Crippen molar-refractivity contribution in [2.45, 2.75) is 50.5 Å². The summed E-state index contributed by atoms with van der Waals surface area (Å²) in [7, 11) is 0. The van der Waals surface area contributed by atoms with Crippen molar-refractivity contribution in [1.29, 1.82) is 0 Å². The molecule has 24 heavy (non-hydrogen) atoms. The molecule has 4 heteroatoms. The maximum Gasteiger partial charge on any atom is 0.254 e. The van der Waals surface area contributed by atoms with E-state index in [1.165, 1.54) is 12.8 Å². The number of aliphatic hydroxyl groups excluding tert-OH is 1. The van der Waals surface area contributed by atoms with Crippen molar-refractivity contribution in [1.82, 2.24) is 9.88 Å². The van der Waals surface area contributed by atoms with Crippen LogP contribution in [0.3, 0.4) is 0 Å². The van der Waals surface area contributed by atoms with Gasteiger partial charge in [0.05, 0.1) is 11.1 Å². The summed E-state index contributed by atoms with van der Waals surface area (Å²) in [6, 6.07) is 10.1. The summed E-state index contributed by atoms with van der Waals surface area (Å²) in [5, 5.41) is 10.3. The van der Waals surface area contributed by atoms with E-state index in [-0.39, 0.29) is 18.6 Å². The number of benzene rings is 1. The SMILES string of the molecule is O=C(c1cc(C2CC2)nc2ccccc12)N1CCCCC1CCO. The molecule has 2 aromatic rings. The van der Waals surface area contributed by atoms with Gasteiger partial charge in [-0.1, -0.05) is 18.2 Å². The fourth-order valence-electron chi connectivity index (χ4n) is 3.83. The molecule has 0 spiro atoms. The Balaban J connectivity index is 1.75. The predicted molar refractivity (Wildman–Crippen MR) is 94.1 cm³/mol. The topological polar surface area (TPSA) is 53.4 Å². The van der Waals surface area contributed by atoms with E-state index >= 15 is 0 Å². The average molecular weight is 324 g/mol. The van der Waals surface area contributed by atoms with E-state index in [9.17, 15) is 9.90 Å². The summed E-state index contributed by atoms with van der Waals surface area (Å²) in [5.74, 6) is 0.629. The molecule has 1 N–H and O–H groups in total. The molecule has 1 aliphatic carbocycles. The van der Waals surface area contributed by atoms with Crippen molar-refractivity contribution in [3.63, 3.8) is 0 Å². The predicted octanol–water partition coefficient (Wildman–Crippen LogP) is 3.49. The second kappa shape index (κ2) is 6.52. The molecule has 1 amide bonds. The van der Waals surface area contributed by atoms with Gasteiger partial charge in [-0.2, -0.15) is 0 Å². The number of piperidine rings is 1. The number of carbonyl (C=O) groups excluding carboxylic acids is 1. The summed E-state index contributed by atoms with van der Waals surface area (Å²) >= 11 is 0. The van der Waals surface area contributed by atoms with Gasteiger partial charge in [-0.25, -0.2) is 0 Å². The monoisotopic (exact) mass is 324 g/mol. The summed E-state index contributed by atoms with van der Waals surface area (Å²) in [6.07, 6.45) is 6.20. The molecule has 126 valence electrons. The lowest BCUT2D eigenvalue weighted by molar-refractivity contribution is 0.0576. The van der Waals surface area contributed by atoms with Crippen molar-refractivity contribution in [2.75, 3.05) is 13.2 Å². The number of para-hydroxylation sites is 1. The number of aliphatic hydroxyl groups is 1. The Bertz CT molecular complexity index is 752. The summed E-state index contributed by atoms with van der Waals surface area (Å²) in [5.41, 5.74) is 2.76.